The molecule has 1 heterocycles. The molecule has 0 aliphatic heterocycles. The van der Waals surface area contributed by atoms with Gasteiger partial charge in [-0.3, -0.25) is 9.48 Å². The third kappa shape index (κ3) is 6.37. The Morgan fingerprint density at radius 2 is 1.77 bits per heavy atom. The van der Waals surface area contributed by atoms with Gasteiger partial charge in [0.2, 0.25) is 5.91 Å². The van der Waals surface area contributed by atoms with Gasteiger partial charge in [-0.2, -0.15) is 5.10 Å². The molecule has 1 amide bonds. The maximum absolute atomic E-state index is 12.1. The number of carbonyl (C=O) groups is 1. The quantitative estimate of drug-likeness (QED) is 0.515. The number of nitrogens with one attached hydrogen (secondary N) is 1. The molecule has 0 spiro atoms. The highest BCUT2D eigenvalue weighted by atomic mass is 16.5. The summed E-state index contributed by atoms with van der Waals surface area (Å²) in [4.78, 5) is 12.1. The molecule has 0 fully saturated rings. The summed E-state index contributed by atoms with van der Waals surface area (Å²) in [6.45, 7) is 5.80. The van der Waals surface area contributed by atoms with E-state index < -0.39 is 0 Å². The lowest BCUT2D eigenvalue weighted by atomic mass is 10.1. The molecule has 30 heavy (non-hydrogen) atoms. The molecular weight excluding hydrogens is 378 g/mol. The van der Waals surface area contributed by atoms with E-state index >= 15 is 0 Å². The normalized spacial score (nSPS) is 10.6. The number of aromatic nitrogens is 2. The van der Waals surface area contributed by atoms with Crippen LogP contribution in [0.15, 0.2) is 54.6 Å². The Balaban J connectivity index is 1.39. The Morgan fingerprint density at radius 3 is 2.47 bits per heavy atom. The summed E-state index contributed by atoms with van der Waals surface area (Å²) in [7, 11) is 1.63. The van der Waals surface area contributed by atoms with E-state index in [4.69, 9.17) is 9.47 Å². The molecule has 1 N–H and O–H groups in total. The van der Waals surface area contributed by atoms with Crippen LogP contribution in [-0.2, 0) is 17.9 Å². The van der Waals surface area contributed by atoms with Crippen LogP contribution in [0.3, 0.4) is 0 Å². The molecule has 3 aromatic rings. The molecule has 6 nitrogen and oxygen atoms in total. The molecule has 158 valence electrons. The van der Waals surface area contributed by atoms with Crippen LogP contribution < -0.4 is 14.8 Å². The molecule has 0 atom stereocenters. The Morgan fingerprint density at radius 1 is 1.03 bits per heavy atom. The number of hydrogen-bond donors (Lipinski definition) is 1. The van der Waals surface area contributed by atoms with Crippen molar-refractivity contribution in [2.24, 2.45) is 0 Å². The summed E-state index contributed by atoms with van der Waals surface area (Å²) in [6.07, 6.45) is 1.09. The summed E-state index contributed by atoms with van der Waals surface area (Å²) in [6, 6.07) is 17.7. The largest absolute Gasteiger partial charge is 0.497 e. The van der Waals surface area contributed by atoms with Gasteiger partial charge < -0.3 is 14.8 Å². The van der Waals surface area contributed by atoms with E-state index in [0.717, 1.165) is 35.0 Å². The second-order valence-corrected chi connectivity index (χ2v) is 7.31. The molecule has 1 aromatic heterocycles. The number of ether oxygens (including phenoxy) is 2. The molecule has 2 aromatic carbocycles. The molecule has 0 saturated carbocycles. The maximum atomic E-state index is 12.1. The Bertz CT molecular complexity index is 964. The minimum Gasteiger partial charge on any atom is -0.497 e. The van der Waals surface area contributed by atoms with Gasteiger partial charge in [0.15, 0.2) is 0 Å². The molecule has 3 rings (SSSR count). The van der Waals surface area contributed by atoms with E-state index in [1.165, 1.54) is 5.56 Å². The van der Waals surface area contributed by atoms with Gasteiger partial charge in [0.25, 0.3) is 0 Å². The molecule has 6 heteroatoms. The lowest BCUT2D eigenvalue weighted by Crippen LogP contribution is -2.23. The van der Waals surface area contributed by atoms with Crippen LogP contribution in [0.2, 0.25) is 0 Å². The highest BCUT2D eigenvalue weighted by Gasteiger charge is 2.05. The lowest BCUT2D eigenvalue weighted by molar-refractivity contribution is -0.121. The van der Waals surface area contributed by atoms with Gasteiger partial charge in [0.1, 0.15) is 11.5 Å². The van der Waals surface area contributed by atoms with Crippen LogP contribution in [0.25, 0.3) is 0 Å². The summed E-state index contributed by atoms with van der Waals surface area (Å²) in [5.41, 5.74) is 4.41. The molecule has 0 saturated heterocycles. The van der Waals surface area contributed by atoms with Crippen LogP contribution in [0.5, 0.6) is 11.5 Å². The second-order valence-electron chi connectivity index (χ2n) is 7.31. The molecule has 0 unspecified atom stereocenters. The van der Waals surface area contributed by atoms with E-state index in [1.54, 1.807) is 7.11 Å². The first-order valence-corrected chi connectivity index (χ1v) is 10.2. The number of nitrogens with zero attached hydrogens (tertiary/aromatic N) is 2. The number of benzene rings is 2. The first kappa shape index (κ1) is 21.4. The molecule has 0 aliphatic rings. The molecule has 0 radical (unpaired) electrons. The fourth-order valence-corrected chi connectivity index (χ4v) is 3.23. The van der Waals surface area contributed by atoms with Gasteiger partial charge in [0, 0.05) is 18.7 Å². The highest BCUT2D eigenvalue weighted by molar-refractivity contribution is 5.75. The predicted molar refractivity (Wildman–Crippen MR) is 117 cm³/mol. The molecular formula is C24H29N3O3. The van der Waals surface area contributed by atoms with Crippen molar-refractivity contribution in [2.75, 3.05) is 13.7 Å². The predicted octanol–water partition coefficient (Wildman–Crippen LogP) is 4.03. The van der Waals surface area contributed by atoms with Crippen molar-refractivity contribution in [3.8, 4) is 11.5 Å². The first-order chi connectivity index (χ1) is 14.5. The van der Waals surface area contributed by atoms with Crippen LogP contribution in [-0.4, -0.2) is 29.4 Å². The average molecular weight is 408 g/mol. The number of carbonyl (C=O) groups excluding carboxylic acids is 1. The van der Waals surface area contributed by atoms with E-state index in [-0.39, 0.29) is 5.91 Å². The standard InChI is InChI=1S/C24H29N3O3/c1-18-14-19(2)27(26-18)17-21-7-4-6-20(15-21)16-25-24(28)8-5-13-30-23-11-9-22(29-3)10-12-23/h4,6-7,9-12,14-15H,5,8,13,16-17H2,1-3H3,(H,25,28). The Hall–Kier alpha value is -3.28. The number of rotatable bonds is 10. The summed E-state index contributed by atoms with van der Waals surface area (Å²) in [5, 5.41) is 7.50. The second kappa shape index (κ2) is 10.5. The minimum atomic E-state index is 0.0253. The Labute approximate surface area is 177 Å². The zero-order valence-electron chi connectivity index (χ0n) is 17.9. The van der Waals surface area contributed by atoms with Crippen molar-refractivity contribution in [1.29, 1.82) is 0 Å². The lowest BCUT2D eigenvalue weighted by Gasteiger charge is -2.09. The van der Waals surface area contributed by atoms with Crippen molar-refractivity contribution in [2.45, 2.75) is 39.8 Å². The third-order valence-electron chi connectivity index (χ3n) is 4.79. The number of aryl methyl sites for hydroxylation is 2. The summed E-state index contributed by atoms with van der Waals surface area (Å²) in [5.74, 6) is 1.59. The van der Waals surface area contributed by atoms with Crippen molar-refractivity contribution in [1.82, 2.24) is 15.1 Å². The highest BCUT2D eigenvalue weighted by Crippen LogP contribution is 2.17. The van der Waals surface area contributed by atoms with Gasteiger partial charge >= 0.3 is 0 Å². The van der Waals surface area contributed by atoms with Crippen LogP contribution in [0, 0.1) is 13.8 Å². The van der Waals surface area contributed by atoms with Crippen molar-refractivity contribution >= 4 is 5.91 Å². The SMILES string of the molecule is COc1ccc(OCCCC(=O)NCc2cccc(Cn3nc(C)cc3C)c2)cc1. The van der Waals surface area contributed by atoms with Gasteiger partial charge in [-0.1, -0.05) is 24.3 Å². The van der Waals surface area contributed by atoms with Crippen molar-refractivity contribution in [3.63, 3.8) is 0 Å². The molecule has 0 aliphatic carbocycles. The van der Waals surface area contributed by atoms with E-state index in [1.807, 2.05) is 48.0 Å². The Kier molecular flexibility index (Phi) is 7.49. The summed E-state index contributed by atoms with van der Waals surface area (Å²) < 4.78 is 12.8. The smallest absolute Gasteiger partial charge is 0.220 e. The van der Waals surface area contributed by atoms with E-state index in [9.17, 15) is 4.79 Å². The summed E-state index contributed by atoms with van der Waals surface area (Å²) >= 11 is 0. The van der Waals surface area contributed by atoms with Crippen molar-refractivity contribution < 1.29 is 14.3 Å². The van der Waals surface area contributed by atoms with Gasteiger partial charge in [0.05, 0.1) is 26.0 Å². The van der Waals surface area contributed by atoms with E-state index in [2.05, 4.69) is 35.5 Å². The number of hydrogen-bond acceptors (Lipinski definition) is 4. The zero-order chi connectivity index (χ0) is 21.3. The fraction of sp³-hybridized carbons (Fsp3) is 0.333. The van der Waals surface area contributed by atoms with Gasteiger partial charge in [-0.05, 0) is 61.7 Å². The minimum absolute atomic E-state index is 0.0253. The topological polar surface area (TPSA) is 65.4 Å². The maximum Gasteiger partial charge on any atom is 0.220 e. The average Bonchev–Trinajstić information content (AvgIpc) is 3.07. The van der Waals surface area contributed by atoms with Gasteiger partial charge in [-0.15, -0.1) is 0 Å². The van der Waals surface area contributed by atoms with Gasteiger partial charge in [-0.25, -0.2) is 0 Å². The van der Waals surface area contributed by atoms with Crippen molar-refractivity contribution in [3.05, 3.63) is 77.1 Å². The van der Waals surface area contributed by atoms with Crippen LogP contribution in [0.4, 0.5) is 0 Å². The molecule has 0 bridgehead atoms. The van der Waals surface area contributed by atoms with Crippen LogP contribution in [0.1, 0.15) is 35.4 Å². The monoisotopic (exact) mass is 407 g/mol. The number of methoxy groups -OCH3 is 1. The van der Waals surface area contributed by atoms with E-state index in [0.29, 0.717) is 26.0 Å². The fourth-order valence-electron chi connectivity index (χ4n) is 3.23. The first-order valence-electron chi connectivity index (χ1n) is 10.2. The zero-order valence-corrected chi connectivity index (χ0v) is 17.9. The number of amides is 1. The third-order valence-corrected chi connectivity index (χ3v) is 4.79. The van der Waals surface area contributed by atoms with Crippen LogP contribution >= 0.6 is 0 Å².